The molecule has 0 saturated carbocycles. The van der Waals surface area contributed by atoms with Crippen LogP contribution in [-0.2, 0) is 13.1 Å². The van der Waals surface area contributed by atoms with Crippen LogP contribution in [0.4, 0.5) is 0 Å². The van der Waals surface area contributed by atoms with Crippen molar-refractivity contribution < 1.29 is 0 Å². The number of hydrogen-bond acceptors (Lipinski definition) is 3. The van der Waals surface area contributed by atoms with Gasteiger partial charge < -0.3 is 5.32 Å². The second-order valence-electron chi connectivity index (χ2n) is 7.00. The summed E-state index contributed by atoms with van der Waals surface area (Å²) in [5.74, 6) is 0. The Morgan fingerprint density at radius 3 is 2.24 bits per heavy atom. The van der Waals surface area contributed by atoms with E-state index >= 15 is 0 Å². The van der Waals surface area contributed by atoms with Gasteiger partial charge in [-0.2, -0.15) is 15.0 Å². The first kappa shape index (κ1) is 19.4. The monoisotopic (exact) mass is 402 g/mol. The minimum atomic E-state index is 0.216. The van der Waals surface area contributed by atoms with Gasteiger partial charge in [-0.05, 0) is 24.1 Å². The van der Waals surface area contributed by atoms with E-state index in [4.69, 9.17) is 21.8 Å². The molecule has 5 heteroatoms. The Morgan fingerprint density at radius 2 is 1.52 bits per heavy atom. The highest BCUT2D eigenvalue weighted by Crippen LogP contribution is 2.22. The Balaban J connectivity index is 1.59. The van der Waals surface area contributed by atoms with E-state index in [9.17, 15) is 0 Å². The number of rotatable bonds is 7. The predicted octanol–water partition coefficient (Wildman–Crippen LogP) is 5.50. The van der Waals surface area contributed by atoms with Crippen molar-refractivity contribution in [3.05, 3.63) is 107 Å². The Morgan fingerprint density at radius 1 is 0.862 bits per heavy atom. The second kappa shape index (κ2) is 9.03. The van der Waals surface area contributed by atoms with E-state index < -0.39 is 0 Å². The van der Waals surface area contributed by atoms with Crippen molar-refractivity contribution >= 4 is 11.6 Å². The van der Waals surface area contributed by atoms with Crippen LogP contribution in [0.25, 0.3) is 11.3 Å². The molecule has 4 rings (SSSR count). The van der Waals surface area contributed by atoms with Gasteiger partial charge in [0, 0.05) is 23.2 Å². The summed E-state index contributed by atoms with van der Waals surface area (Å²) in [5.41, 5.74) is 5.12. The Bertz CT molecular complexity index is 1060. The van der Waals surface area contributed by atoms with Crippen LogP contribution in [0.15, 0.2) is 84.9 Å². The molecule has 1 aromatic heterocycles. The number of nitrogens with zero attached hydrogens (tertiary/aromatic N) is 3. The van der Waals surface area contributed by atoms with Crippen molar-refractivity contribution in [2.24, 2.45) is 0 Å². The van der Waals surface area contributed by atoms with Gasteiger partial charge in [0.25, 0.3) is 0 Å². The zero-order valence-electron chi connectivity index (χ0n) is 16.3. The van der Waals surface area contributed by atoms with Gasteiger partial charge in [-0.15, -0.1) is 0 Å². The van der Waals surface area contributed by atoms with Crippen molar-refractivity contribution in [2.45, 2.75) is 26.1 Å². The zero-order chi connectivity index (χ0) is 20.1. The third kappa shape index (κ3) is 4.73. The van der Waals surface area contributed by atoms with Gasteiger partial charge in [0.05, 0.1) is 6.54 Å². The molecule has 4 aromatic rings. The molecule has 146 valence electrons. The van der Waals surface area contributed by atoms with Crippen LogP contribution >= 0.6 is 11.6 Å². The third-order valence-electron chi connectivity index (χ3n) is 4.92. The van der Waals surface area contributed by atoms with Gasteiger partial charge in [-0.3, -0.25) is 0 Å². The molecule has 1 N–H and O–H groups in total. The molecule has 1 heterocycles. The van der Waals surface area contributed by atoms with Crippen molar-refractivity contribution in [1.82, 2.24) is 20.3 Å². The summed E-state index contributed by atoms with van der Waals surface area (Å²) < 4.78 is 0. The van der Waals surface area contributed by atoms with Gasteiger partial charge in [0.15, 0.2) is 0 Å². The first-order valence-electron chi connectivity index (χ1n) is 9.72. The lowest BCUT2D eigenvalue weighted by atomic mass is 10.1. The molecule has 0 unspecified atom stereocenters. The first-order chi connectivity index (χ1) is 14.2. The smallest absolute Gasteiger partial charge is 0.117 e. The van der Waals surface area contributed by atoms with E-state index in [-0.39, 0.29) is 6.04 Å². The fraction of sp³-hybridized carbons (Fsp3) is 0.167. The highest BCUT2D eigenvalue weighted by atomic mass is 35.5. The highest BCUT2D eigenvalue weighted by Gasteiger charge is 2.15. The van der Waals surface area contributed by atoms with E-state index in [0.29, 0.717) is 13.1 Å². The van der Waals surface area contributed by atoms with Crippen LogP contribution in [0.3, 0.4) is 0 Å². The molecule has 0 aliphatic carbocycles. The summed E-state index contributed by atoms with van der Waals surface area (Å²) in [7, 11) is 0. The summed E-state index contributed by atoms with van der Waals surface area (Å²) in [6, 6.07) is 28.6. The van der Waals surface area contributed by atoms with Gasteiger partial charge in [-0.25, -0.2) is 0 Å². The lowest BCUT2D eigenvalue weighted by Gasteiger charge is -2.13. The lowest BCUT2D eigenvalue weighted by molar-refractivity contribution is 0.547. The fourth-order valence-electron chi connectivity index (χ4n) is 3.28. The molecule has 0 saturated heterocycles. The van der Waals surface area contributed by atoms with Gasteiger partial charge >= 0.3 is 0 Å². The van der Waals surface area contributed by atoms with Crippen LogP contribution < -0.4 is 5.32 Å². The summed E-state index contributed by atoms with van der Waals surface area (Å²) in [4.78, 5) is 1.73. The summed E-state index contributed by atoms with van der Waals surface area (Å²) >= 11 is 6.33. The molecule has 1 atom stereocenters. The number of hydrogen-bond donors (Lipinski definition) is 1. The summed E-state index contributed by atoms with van der Waals surface area (Å²) in [5, 5.41) is 13.8. The van der Waals surface area contributed by atoms with Gasteiger partial charge in [0.1, 0.15) is 11.4 Å². The van der Waals surface area contributed by atoms with Crippen LogP contribution in [-0.4, -0.2) is 15.0 Å². The SMILES string of the molecule is C[C@H](NCc1nn(Cc2ccccc2Cl)nc1-c1ccccc1)c1ccccc1. The molecule has 29 heavy (non-hydrogen) atoms. The number of nitrogens with one attached hydrogen (secondary N) is 1. The van der Waals surface area contributed by atoms with E-state index in [1.807, 2.05) is 48.5 Å². The van der Waals surface area contributed by atoms with Gasteiger partial charge in [-0.1, -0.05) is 90.5 Å². The van der Waals surface area contributed by atoms with Crippen LogP contribution in [0, 0.1) is 0 Å². The van der Waals surface area contributed by atoms with Crippen LogP contribution in [0.1, 0.15) is 29.8 Å². The number of aromatic nitrogens is 3. The fourth-order valence-corrected chi connectivity index (χ4v) is 3.48. The molecule has 0 aliphatic heterocycles. The summed E-state index contributed by atoms with van der Waals surface area (Å²) in [6.45, 7) is 3.32. The quantitative estimate of drug-likeness (QED) is 0.444. The molecule has 0 bridgehead atoms. The van der Waals surface area contributed by atoms with Crippen LogP contribution in [0.2, 0.25) is 5.02 Å². The van der Waals surface area contributed by atoms with Crippen molar-refractivity contribution in [2.75, 3.05) is 0 Å². The lowest BCUT2D eigenvalue weighted by Crippen LogP contribution is -2.19. The predicted molar refractivity (Wildman–Crippen MR) is 118 cm³/mol. The molecule has 0 fully saturated rings. The maximum atomic E-state index is 6.33. The Kier molecular flexibility index (Phi) is 6.03. The molecule has 4 nitrogen and oxygen atoms in total. The van der Waals surface area contributed by atoms with Gasteiger partial charge in [0.2, 0.25) is 0 Å². The van der Waals surface area contributed by atoms with E-state index in [0.717, 1.165) is 27.5 Å². The van der Waals surface area contributed by atoms with Crippen molar-refractivity contribution in [1.29, 1.82) is 0 Å². The van der Waals surface area contributed by atoms with E-state index in [2.05, 4.69) is 48.6 Å². The Hall–Kier alpha value is -2.95. The average molecular weight is 403 g/mol. The third-order valence-corrected chi connectivity index (χ3v) is 5.29. The number of halogens is 1. The highest BCUT2D eigenvalue weighted by molar-refractivity contribution is 6.31. The molecule has 0 aliphatic rings. The minimum absolute atomic E-state index is 0.216. The number of benzene rings is 3. The minimum Gasteiger partial charge on any atom is -0.304 e. The maximum Gasteiger partial charge on any atom is 0.117 e. The Labute approximate surface area is 176 Å². The standard InChI is InChI=1S/C24H23ClN4/c1-18(19-10-4-2-5-11-19)26-16-23-24(20-12-6-3-7-13-20)28-29(27-23)17-21-14-8-9-15-22(21)25/h2-15,18,26H,16-17H2,1H3/t18-/m0/s1. The molecule has 3 aromatic carbocycles. The molecular formula is C24H23ClN4. The molecule has 0 amide bonds. The largest absolute Gasteiger partial charge is 0.304 e. The normalized spacial score (nSPS) is 12.1. The molecule has 0 spiro atoms. The maximum absolute atomic E-state index is 6.33. The molecule has 0 radical (unpaired) electrons. The van der Waals surface area contributed by atoms with Crippen molar-refractivity contribution in [3.63, 3.8) is 0 Å². The summed E-state index contributed by atoms with van der Waals surface area (Å²) in [6.07, 6.45) is 0. The zero-order valence-corrected chi connectivity index (χ0v) is 17.1. The van der Waals surface area contributed by atoms with E-state index in [1.54, 1.807) is 4.80 Å². The van der Waals surface area contributed by atoms with Crippen molar-refractivity contribution in [3.8, 4) is 11.3 Å². The first-order valence-corrected chi connectivity index (χ1v) is 10.1. The topological polar surface area (TPSA) is 42.7 Å². The second-order valence-corrected chi connectivity index (χ2v) is 7.40. The van der Waals surface area contributed by atoms with Crippen LogP contribution in [0.5, 0.6) is 0 Å². The molecular weight excluding hydrogens is 380 g/mol. The van der Waals surface area contributed by atoms with E-state index in [1.165, 1.54) is 5.56 Å². The average Bonchev–Trinajstić information content (AvgIpc) is 3.17.